The van der Waals surface area contributed by atoms with E-state index in [2.05, 4.69) is 10.3 Å². The number of carbonyl (C=O) groups excluding carboxylic acids is 1. The van der Waals surface area contributed by atoms with Gasteiger partial charge in [-0.1, -0.05) is 25.1 Å². The van der Waals surface area contributed by atoms with Gasteiger partial charge in [0.05, 0.1) is 7.11 Å². The predicted molar refractivity (Wildman–Crippen MR) is 112 cm³/mol. The molecule has 6 nitrogen and oxygen atoms in total. The summed E-state index contributed by atoms with van der Waals surface area (Å²) in [5.41, 5.74) is 3.45. The van der Waals surface area contributed by atoms with Gasteiger partial charge < -0.3 is 14.6 Å². The van der Waals surface area contributed by atoms with Crippen LogP contribution < -0.4 is 15.5 Å². The van der Waals surface area contributed by atoms with Crippen molar-refractivity contribution in [1.29, 1.82) is 0 Å². The molecule has 0 aliphatic rings. The van der Waals surface area contributed by atoms with Gasteiger partial charge in [-0.2, -0.15) is 0 Å². The molecule has 1 aromatic carbocycles. The number of carbonyl (C=O) groups is 1. The fraction of sp³-hybridized carbons (Fsp3) is 0.261. The van der Waals surface area contributed by atoms with E-state index in [1.54, 1.807) is 19.5 Å². The minimum atomic E-state index is -0.362. The molecule has 0 unspecified atom stereocenters. The highest BCUT2D eigenvalue weighted by Gasteiger charge is 2.19. The molecule has 3 rings (SSSR count). The van der Waals surface area contributed by atoms with E-state index in [4.69, 9.17) is 4.74 Å². The largest absolute Gasteiger partial charge is 0.497 e. The number of nitrogens with zero attached hydrogens (tertiary/aromatic N) is 2. The number of amides is 1. The van der Waals surface area contributed by atoms with Gasteiger partial charge in [-0.05, 0) is 42.7 Å². The summed E-state index contributed by atoms with van der Waals surface area (Å²) >= 11 is 0. The maximum Gasteiger partial charge on any atom is 0.257 e. The first-order valence-electron chi connectivity index (χ1n) is 9.56. The molecule has 6 heteroatoms. The van der Waals surface area contributed by atoms with E-state index in [1.165, 1.54) is 6.07 Å². The maximum atomic E-state index is 12.9. The summed E-state index contributed by atoms with van der Waals surface area (Å²) in [6.45, 7) is 4.74. The zero-order valence-electron chi connectivity index (χ0n) is 16.9. The minimum absolute atomic E-state index is 0.204. The van der Waals surface area contributed by atoms with Crippen molar-refractivity contribution in [3.05, 3.63) is 93.2 Å². The molecule has 0 saturated carbocycles. The van der Waals surface area contributed by atoms with Gasteiger partial charge in [-0.25, -0.2) is 0 Å². The average molecular weight is 391 g/mol. The highest BCUT2D eigenvalue weighted by molar-refractivity contribution is 5.95. The van der Waals surface area contributed by atoms with Gasteiger partial charge in [-0.15, -0.1) is 0 Å². The summed E-state index contributed by atoms with van der Waals surface area (Å²) in [7, 11) is 1.63. The highest BCUT2D eigenvalue weighted by Crippen LogP contribution is 2.16. The number of rotatable bonds is 7. The topological polar surface area (TPSA) is 73.2 Å². The number of aromatic nitrogens is 2. The molecule has 3 aromatic rings. The third kappa shape index (κ3) is 4.71. The smallest absolute Gasteiger partial charge is 0.257 e. The minimum Gasteiger partial charge on any atom is -0.497 e. The van der Waals surface area contributed by atoms with Gasteiger partial charge >= 0.3 is 0 Å². The Labute approximate surface area is 170 Å². The van der Waals surface area contributed by atoms with Crippen molar-refractivity contribution in [3.8, 4) is 5.75 Å². The molecule has 1 N–H and O–H groups in total. The van der Waals surface area contributed by atoms with Crippen LogP contribution in [0.4, 0.5) is 0 Å². The Bertz CT molecular complexity index is 1040. The van der Waals surface area contributed by atoms with Crippen molar-refractivity contribution in [2.75, 3.05) is 7.11 Å². The van der Waals surface area contributed by atoms with Crippen LogP contribution in [0.5, 0.6) is 5.75 Å². The van der Waals surface area contributed by atoms with E-state index in [1.807, 2.05) is 54.8 Å². The molecule has 0 aliphatic heterocycles. The molecule has 0 spiro atoms. The second-order valence-electron chi connectivity index (χ2n) is 6.80. The van der Waals surface area contributed by atoms with Crippen molar-refractivity contribution < 1.29 is 9.53 Å². The second-order valence-corrected chi connectivity index (χ2v) is 6.80. The molecule has 2 heterocycles. The van der Waals surface area contributed by atoms with E-state index in [9.17, 15) is 9.59 Å². The van der Waals surface area contributed by atoms with Crippen molar-refractivity contribution in [1.82, 2.24) is 14.9 Å². The zero-order valence-corrected chi connectivity index (χ0v) is 16.9. The third-order valence-corrected chi connectivity index (χ3v) is 4.86. The standard InChI is InChI=1S/C23H25N3O3/c1-4-20-22(23(28)25-14-18-6-5-11-24-13-18)21(27)12-16(2)26(20)15-17-7-9-19(29-3)10-8-17/h5-13H,4,14-15H2,1-3H3,(H,25,28). The van der Waals surface area contributed by atoms with Crippen molar-refractivity contribution in [3.63, 3.8) is 0 Å². The number of pyridine rings is 2. The molecular weight excluding hydrogens is 366 g/mol. The van der Waals surface area contributed by atoms with Gasteiger partial charge in [0.1, 0.15) is 11.3 Å². The lowest BCUT2D eigenvalue weighted by Gasteiger charge is -2.19. The Balaban J connectivity index is 1.91. The number of aryl methyl sites for hydroxylation is 1. The number of hydrogen-bond acceptors (Lipinski definition) is 4. The third-order valence-electron chi connectivity index (χ3n) is 4.86. The maximum absolute atomic E-state index is 12.9. The first-order valence-corrected chi connectivity index (χ1v) is 9.56. The van der Waals surface area contributed by atoms with Crippen LogP contribution in [-0.4, -0.2) is 22.6 Å². The van der Waals surface area contributed by atoms with Crippen LogP contribution >= 0.6 is 0 Å². The summed E-state index contributed by atoms with van der Waals surface area (Å²) in [6.07, 6.45) is 3.94. The second kappa shape index (κ2) is 9.19. The van der Waals surface area contributed by atoms with Gasteiger partial charge in [-0.3, -0.25) is 14.6 Å². The Morgan fingerprint density at radius 2 is 1.93 bits per heavy atom. The van der Waals surface area contributed by atoms with Crippen LogP contribution in [0.15, 0.2) is 59.7 Å². The number of hydrogen-bond donors (Lipinski definition) is 1. The van der Waals surface area contributed by atoms with Gasteiger partial charge in [0.15, 0.2) is 5.43 Å². The number of ether oxygens (including phenoxy) is 1. The van der Waals surface area contributed by atoms with Gasteiger partial charge in [0, 0.05) is 42.9 Å². The quantitative estimate of drug-likeness (QED) is 0.672. The van der Waals surface area contributed by atoms with Crippen LogP contribution in [0, 0.1) is 6.92 Å². The van der Waals surface area contributed by atoms with Crippen molar-refractivity contribution >= 4 is 5.91 Å². The molecule has 29 heavy (non-hydrogen) atoms. The van der Waals surface area contributed by atoms with E-state index < -0.39 is 0 Å². The average Bonchev–Trinajstić information content (AvgIpc) is 2.74. The van der Waals surface area contributed by atoms with Gasteiger partial charge in [0.25, 0.3) is 5.91 Å². The molecule has 0 bridgehead atoms. The molecule has 0 radical (unpaired) electrons. The summed E-state index contributed by atoms with van der Waals surface area (Å²) in [6, 6.07) is 13.0. The molecule has 2 aromatic heterocycles. The van der Waals surface area contributed by atoms with E-state index >= 15 is 0 Å². The lowest BCUT2D eigenvalue weighted by Crippen LogP contribution is -2.32. The van der Waals surface area contributed by atoms with Crippen LogP contribution in [0.1, 0.15) is 39.8 Å². The van der Waals surface area contributed by atoms with Crippen LogP contribution in [0.2, 0.25) is 0 Å². The summed E-state index contributed by atoms with van der Waals surface area (Å²) in [5.74, 6) is 0.427. The zero-order chi connectivity index (χ0) is 20.8. The lowest BCUT2D eigenvalue weighted by molar-refractivity contribution is 0.0948. The van der Waals surface area contributed by atoms with Crippen molar-refractivity contribution in [2.45, 2.75) is 33.4 Å². The Morgan fingerprint density at radius 1 is 1.17 bits per heavy atom. The lowest BCUT2D eigenvalue weighted by atomic mass is 10.1. The fourth-order valence-corrected chi connectivity index (χ4v) is 3.35. The molecule has 0 saturated heterocycles. The van der Waals surface area contributed by atoms with Gasteiger partial charge in [0.2, 0.25) is 0 Å². The molecule has 1 amide bonds. The normalized spacial score (nSPS) is 10.6. The van der Waals surface area contributed by atoms with Crippen molar-refractivity contribution in [2.24, 2.45) is 0 Å². The van der Waals surface area contributed by atoms with Crippen LogP contribution in [0.3, 0.4) is 0 Å². The Morgan fingerprint density at radius 3 is 2.55 bits per heavy atom. The van der Waals surface area contributed by atoms with E-state index in [-0.39, 0.29) is 16.9 Å². The SMILES string of the molecule is CCc1c(C(=O)NCc2cccnc2)c(=O)cc(C)n1Cc1ccc(OC)cc1. The monoisotopic (exact) mass is 391 g/mol. The fourth-order valence-electron chi connectivity index (χ4n) is 3.35. The summed E-state index contributed by atoms with van der Waals surface area (Å²) < 4.78 is 7.24. The Kier molecular flexibility index (Phi) is 6.44. The first kappa shape index (κ1) is 20.3. The molecular formula is C23H25N3O3. The summed E-state index contributed by atoms with van der Waals surface area (Å²) in [4.78, 5) is 29.6. The van der Waals surface area contributed by atoms with E-state index in [0.29, 0.717) is 19.5 Å². The highest BCUT2D eigenvalue weighted by atomic mass is 16.5. The number of benzene rings is 1. The van der Waals surface area contributed by atoms with E-state index in [0.717, 1.165) is 28.3 Å². The molecule has 150 valence electrons. The predicted octanol–water partition coefficient (Wildman–Crippen LogP) is 3.10. The Hall–Kier alpha value is -3.41. The summed E-state index contributed by atoms with van der Waals surface area (Å²) in [5, 5.41) is 2.85. The number of methoxy groups -OCH3 is 1. The van der Waals surface area contributed by atoms with Crippen LogP contribution in [-0.2, 0) is 19.5 Å². The van der Waals surface area contributed by atoms with Crippen LogP contribution in [0.25, 0.3) is 0 Å². The first-order chi connectivity index (χ1) is 14.0. The molecule has 0 fully saturated rings. The molecule has 0 aliphatic carbocycles. The number of nitrogens with one attached hydrogen (secondary N) is 1. The molecule has 0 atom stereocenters.